The Hall–Kier alpha value is -0.0800. The molecule has 3 N–H and O–H groups in total. The lowest BCUT2D eigenvalue weighted by atomic mass is 9.61. The summed E-state index contributed by atoms with van der Waals surface area (Å²) in [6.45, 7) is 11.6. The molecular formula is C13H28N2. The quantitative estimate of drug-likeness (QED) is 0.545. The van der Waals surface area contributed by atoms with Crippen LogP contribution in [0, 0.1) is 16.7 Å². The van der Waals surface area contributed by atoms with Crippen LogP contribution in [0.3, 0.4) is 0 Å². The Labute approximate surface area is 95.0 Å². The van der Waals surface area contributed by atoms with Gasteiger partial charge in [-0.2, -0.15) is 0 Å². The number of hydrogen-bond acceptors (Lipinski definition) is 2. The molecule has 1 saturated carbocycles. The minimum absolute atomic E-state index is 0.244. The molecule has 0 amide bonds. The van der Waals surface area contributed by atoms with Crippen LogP contribution in [0.1, 0.15) is 60.3 Å². The smallest absolute Gasteiger partial charge is 0.0292 e. The second kappa shape index (κ2) is 4.42. The van der Waals surface area contributed by atoms with Crippen molar-refractivity contribution in [3.8, 4) is 0 Å². The van der Waals surface area contributed by atoms with Crippen LogP contribution >= 0.6 is 0 Å². The Morgan fingerprint density at radius 1 is 1.27 bits per heavy atom. The predicted molar refractivity (Wildman–Crippen MR) is 66.3 cm³/mol. The summed E-state index contributed by atoms with van der Waals surface area (Å²) in [6.07, 6.45) is 5.40. The molecule has 0 spiro atoms. The molecule has 15 heavy (non-hydrogen) atoms. The summed E-state index contributed by atoms with van der Waals surface area (Å²) in [5.41, 5.74) is 3.74. The zero-order valence-corrected chi connectivity index (χ0v) is 11.1. The number of rotatable bonds is 2. The second-order valence-electron chi connectivity index (χ2n) is 6.85. The van der Waals surface area contributed by atoms with E-state index in [0.29, 0.717) is 17.4 Å². The maximum atomic E-state index is 5.76. The van der Waals surface area contributed by atoms with E-state index in [9.17, 15) is 0 Å². The van der Waals surface area contributed by atoms with Gasteiger partial charge in [-0.3, -0.25) is 11.3 Å². The SMILES string of the molecule is CC(C)(C)C(NN)C1CCCCC1(C)C. The molecule has 0 aromatic heterocycles. The van der Waals surface area contributed by atoms with Crippen LogP contribution in [0.2, 0.25) is 0 Å². The summed E-state index contributed by atoms with van der Waals surface area (Å²) < 4.78 is 0. The third kappa shape index (κ3) is 2.94. The van der Waals surface area contributed by atoms with Crippen LogP contribution in [0.15, 0.2) is 0 Å². The van der Waals surface area contributed by atoms with E-state index in [1.807, 2.05) is 0 Å². The first kappa shape index (κ1) is 13.0. The molecule has 1 aliphatic rings. The molecule has 1 fully saturated rings. The van der Waals surface area contributed by atoms with Crippen molar-refractivity contribution in [2.45, 2.75) is 66.3 Å². The van der Waals surface area contributed by atoms with E-state index < -0.39 is 0 Å². The first-order chi connectivity index (χ1) is 6.79. The fraction of sp³-hybridized carbons (Fsp3) is 1.00. The molecule has 0 radical (unpaired) electrons. The molecule has 1 rings (SSSR count). The maximum Gasteiger partial charge on any atom is 0.0292 e. The number of nitrogens with two attached hydrogens (primary N) is 1. The number of hydrogen-bond donors (Lipinski definition) is 2. The summed E-state index contributed by atoms with van der Waals surface area (Å²) in [6, 6.07) is 0.424. The summed E-state index contributed by atoms with van der Waals surface area (Å²) in [7, 11) is 0. The van der Waals surface area contributed by atoms with Crippen molar-refractivity contribution < 1.29 is 0 Å². The summed E-state index contributed by atoms with van der Waals surface area (Å²) in [4.78, 5) is 0. The van der Waals surface area contributed by atoms with E-state index in [1.165, 1.54) is 25.7 Å². The van der Waals surface area contributed by atoms with Gasteiger partial charge in [-0.05, 0) is 29.6 Å². The Morgan fingerprint density at radius 3 is 2.27 bits per heavy atom. The van der Waals surface area contributed by atoms with Crippen LogP contribution in [-0.2, 0) is 0 Å². The number of hydrazine groups is 1. The van der Waals surface area contributed by atoms with E-state index in [4.69, 9.17) is 5.84 Å². The van der Waals surface area contributed by atoms with Crippen LogP contribution in [-0.4, -0.2) is 6.04 Å². The van der Waals surface area contributed by atoms with E-state index in [0.717, 1.165) is 0 Å². The average Bonchev–Trinajstić information content (AvgIpc) is 2.06. The summed E-state index contributed by atoms with van der Waals surface area (Å²) in [5.74, 6) is 6.47. The molecule has 0 aromatic carbocycles. The molecule has 0 aliphatic heterocycles. The molecule has 0 saturated heterocycles. The van der Waals surface area contributed by atoms with Gasteiger partial charge < -0.3 is 0 Å². The zero-order valence-electron chi connectivity index (χ0n) is 11.1. The van der Waals surface area contributed by atoms with E-state index in [-0.39, 0.29) is 5.41 Å². The molecule has 2 unspecified atom stereocenters. The Bertz CT molecular complexity index is 203. The Morgan fingerprint density at radius 2 is 1.87 bits per heavy atom. The van der Waals surface area contributed by atoms with Crippen molar-refractivity contribution in [1.29, 1.82) is 0 Å². The van der Waals surface area contributed by atoms with Gasteiger partial charge in [0.15, 0.2) is 0 Å². The third-order valence-electron chi connectivity index (χ3n) is 4.10. The molecule has 0 heterocycles. The molecule has 0 aromatic rings. The number of nitrogens with one attached hydrogen (secondary N) is 1. The van der Waals surface area contributed by atoms with Crippen molar-refractivity contribution >= 4 is 0 Å². The lowest BCUT2D eigenvalue weighted by Gasteiger charge is -2.47. The van der Waals surface area contributed by atoms with Crippen LogP contribution in [0.4, 0.5) is 0 Å². The topological polar surface area (TPSA) is 38.0 Å². The highest BCUT2D eigenvalue weighted by Gasteiger charge is 2.41. The highest BCUT2D eigenvalue weighted by molar-refractivity contribution is 4.94. The van der Waals surface area contributed by atoms with Gasteiger partial charge in [-0.25, -0.2) is 0 Å². The average molecular weight is 212 g/mol. The fourth-order valence-electron chi connectivity index (χ4n) is 3.11. The normalized spacial score (nSPS) is 28.8. The molecule has 2 nitrogen and oxygen atoms in total. The van der Waals surface area contributed by atoms with E-state index in [2.05, 4.69) is 40.0 Å². The van der Waals surface area contributed by atoms with Crippen LogP contribution in [0.25, 0.3) is 0 Å². The molecule has 0 bridgehead atoms. The fourth-order valence-corrected chi connectivity index (χ4v) is 3.11. The van der Waals surface area contributed by atoms with Crippen molar-refractivity contribution in [3.05, 3.63) is 0 Å². The maximum absolute atomic E-state index is 5.76. The molecule has 2 atom stereocenters. The van der Waals surface area contributed by atoms with Gasteiger partial charge in [0.05, 0.1) is 0 Å². The van der Waals surface area contributed by atoms with Gasteiger partial charge >= 0.3 is 0 Å². The zero-order chi connectivity index (χ0) is 11.7. The van der Waals surface area contributed by atoms with Gasteiger partial charge in [0.1, 0.15) is 0 Å². The highest BCUT2D eigenvalue weighted by Crippen LogP contribution is 2.45. The van der Waals surface area contributed by atoms with Gasteiger partial charge in [0.2, 0.25) is 0 Å². The first-order valence-electron chi connectivity index (χ1n) is 6.25. The molecule has 2 heteroatoms. The Balaban J connectivity index is 2.82. The van der Waals surface area contributed by atoms with Crippen LogP contribution < -0.4 is 11.3 Å². The van der Waals surface area contributed by atoms with E-state index in [1.54, 1.807) is 0 Å². The molecule has 90 valence electrons. The van der Waals surface area contributed by atoms with Gasteiger partial charge in [-0.1, -0.05) is 47.5 Å². The Kier molecular flexibility index (Phi) is 3.83. The minimum atomic E-state index is 0.244. The van der Waals surface area contributed by atoms with Gasteiger partial charge in [0.25, 0.3) is 0 Å². The van der Waals surface area contributed by atoms with Crippen molar-refractivity contribution in [1.82, 2.24) is 5.43 Å². The van der Waals surface area contributed by atoms with Crippen LogP contribution in [0.5, 0.6) is 0 Å². The minimum Gasteiger partial charge on any atom is -0.271 e. The van der Waals surface area contributed by atoms with Gasteiger partial charge in [-0.15, -0.1) is 0 Å². The van der Waals surface area contributed by atoms with Crippen molar-refractivity contribution in [3.63, 3.8) is 0 Å². The lowest BCUT2D eigenvalue weighted by molar-refractivity contribution is 0.0510. The highest BCUT2D eigenvalue weighted by atomic mass is 15.2. The van der Waals surface area contributed by atoms with Crippen molar-refractivity contribution in [2.75, 3.05) is 0 Å². The first-order valence-corrected chi connectivity index (χ1v) is 6.25. The van der Waals surface area contributed by atoms with Crippen molar-refractivity contribution in [2.24, 2.45) is 22.6 Å². The molecular weight excluding hydrogens is 184 g/mol. The van der Waals surface area contributed by atoms with E-state index >= 15 is 0 Å². The predicted octanol–water partition coefficient (Wildman–Crippen LogP) is 3.08. The second-order valence-corrected chi connectivity index (χ2v) is 6.85. The molecule has 1 aliphatic carbocycles. The third-order valence-corrected chi connectivity index (χ3v) is 4.10. The lowest BCUT2D eigenvalue weighted by Crippen LogP contribution is -2.54. The summed E-state index contributed by atoms with van der Waals surface area (Å²) in [5, 5.41) is 0. The summed E-state index contributed by atoms with van der Waals surface area (Å²) >= 11 is 0. The largest absolute Gasteiger partial charge is 0.271 e. The monoisotopic (exact) mass is 212 g/mol. The van der Waals surface area contributed by atoms with Gasteiger partial charge in [0, 0.05) is 6.04 Å². The standard InChI is InChI=1S/C13H28N2/c1-12(2,3)11(15-14)10-8-6-7-9-13(10,4)5/h10-11,15H,6-9,14H2,1-5H3.